The number of amides is 2. The van der Waals surface area contributed by atoms with Gasteiger partial charge in [-0.3, -0.25) is 14.5 Å². The first-order chi connectivity index (χ1) is 16.5. The molecule has 1 aliphatic rings. The van der Waals surface area contributed by atoms with E-state index in [1.807, 2.05) is 65.6 Å². The molecule has 2 atom stereocenters. The van der Waals surface area contributed by atoms with E-state index in [-0.39, 0.29) is 19.1 Å². The van der Waals surface area contributed by atoms with Gasteiger partial charge in [0.25, 0.3) is 0 Å². The van der Waals surface area contributed by atoms with Crippen LogP contribution in [0.3, 0.4) is 0 Å². The second-order valence-corrected chi connectivity index (χ2v) is 8.36. The summed E-state index contributed by atoms with van der Waals surface area (Å²) in [6.45, 7) is 4.50. The smallest absolute Gasteiger partial charge is 0.328 e. The monoisotopic (exact) mass is 467 g/mol. The summed E-state index contributed by atoms with van der Waals surface area (Å²) in [5, 5.41) is 5.49. The fourth-order valence-corrected chi connectivity index (χ4v) is 3.65. The van der Waals surface area contributed by atoms with Crippen LogP contribution in [0.1, 0.15) is 24.5 Å². The Balaban J connectivity index is 1.55. The number of esters is 1. The van der Waals surface area contributed by atoms with Crippen LogP contribution < -0.4 is 10.6 Å². The molecule has 0 radical (unpaired) electrons. The Morgan fingerprint density at radius 3 is 2.21 bits per heavy atom. The topological polar surface area (TPSA) is 97.0 Å². The second-order valence-electron chi connectivity index (χ2n) is 8.36. The summed E-state index contributed by atoms with van der Waals surface area (Å²) in [6, 6.07) is 17.5. The highest BCUT2D eigenvalue weighted by molar-refractivity contribution is 5.90. The lowest BCUT2D eigenvalue weighted by atomic mass is 10.0. The summed E-state index contributed by atoms with van der Waals surface area (Å²) in [5.41, 5.74) is 1.93. The van der Waals surface area contributed by atoms with Gasteiger partial charge >= 0.3 is 5.97 Å². The summed E-state index contributed by atoms with van der Waals surface area (Å²) in [4.78, 5) is 40.0. The molecule has 1 aliphatic heterocycles. The van der Waals surface area contributed by atoms with Gasteiger partial charge in [0.15, 0.2) is 0 Å². The molecule has 3 rings (SSSR count). The fraction of sp³-hybridized carbons (Fsp3) is 0.423. The highest BCUT2D eigenvalue weighted by Gasteiger charge is 2.26. The Bertz CT molecular complexity index is 917. The molecule has 182 valence electrons. The largest absolute Gasteiger partial charge is 0.459 e. The van der Waals surface area contributed by atoms with Crippen LogP contribution in [0.15, 0.2) is 60.7 Å². The third-order valence-electron chi connectivity index (χ3n) is 5.63. The molecule has 8 nitrogen and oxygen atoms in total. The zero-order chi connectivity index (χ0) is 24.2. The minimum Gasteiger partial charge on any atom is -0.459 e. The zero-order valence-electron chi connectivity index (χ0n) is 19.6. The van der Waals surface area contributed by atoms with Crippen LogP contribution in [-0.4, -0.2) is 67.6 Å². The van der Waals surface area contributed by atoms with Crippen molar-refractivity contribution < 1.29 is 23.9 Å². The van der Waals surface area contributed by atoms with E-state index in [1.54, 1.807) is 6.92 Å². The van der Waals surface area contributed by atoms with Crippen LogP contribution in [0.5, 0.6) is 0 Å². The third kappa shape index (κ3) is 8.61. The number of nitrogens with one attached hydrogen (secondary N) is 2. The summed E-state index contributed by atoms with van der Waals surface area (Å²) in [6.07, 6.45) is 0.988. The predicted molar refractivity (Wildman–Crippen MR) is 128 cm³/mol. The Hall–Kier alpha value is -3.23. The summed E-state index contributed by atoms with van der Waals surface area (Å²) < 4.78 is 10.8. The number of rotatable bonds is 11. The second kappa shape index (κ2) is 13.5. The molecule has 1 heterocycles. The Morgan fingerprint density at radius 2 is 1.56 bits per heavy atom. The molecule has 34 heavy (non-hydrogen) atoms. The predicted octanol–water partition coefficient (Wildman–Crippen LogP) is 1.68. The highest BCUT2D eigenvalue weighted by Crippen LogP contribution is 2.09. The molecular weight excluding hydrogens is 434 g/mol. The lowest BCUT2D eigenvalue weighted by molar-refractivity contribution is -0.149. The molecule has 2 aromatic carbocycles. The lowest BCUT2D eigenvalue weighted by Gasteiger charge is -2.26. The van der Waals surface area contributed by atoms with Gasteiger partial charge in [-0.1, -0.05) is 60.7 Å². The van der Waals surface area contributed by atoms with Crippen molar-refractivity contribution in [3.8, 4) is 0 Å². The first kappa shape index (κ1) is 25.4. The summed E-state index contributed by atoms with van der Waals surface area (Å²) in [7, 11) is 0. The van der Waals surface area contributed by atoms with Crippen molar-refractivity contribution in [2.45, 2.75) is 38.5 Å². The van der Waals surface area contributed by atoms with E-state index in [0.29, 0.717) is 39.1 Å². The van der Waals surface area contributed by atoms with Gasteiger partial charge in [0, 0.05) is 13.1 Å². The number of nitrogens with zero attached hydrogens (tertiary/aromatic N) is 1. The van der Waals surface area contributed by atoms with Gasteiger partial charge < -0.3 is 20.1 Å². The van der Waals surface area contributed by atoms with Gasteiger partial charge in [0.05, 0.1) is 19.8 Å². The van der Waals surface area contributed by atoms with E-state index in [1.165, 1.54) is 0 Å². The van der Waals surface area contributed by atoms with Crippen LogP contribution in [0.4, 0.5) is 0 Å². The van der Waals surface area contributed by atoms with Gasteiger partial charge in [-0.25, -0.2) is 4.79 Å². The van der Waals surface area contributed by atoms with E-state index in [9.17, 15) is 14.4 Å². The highest BCUT2D eigenvalue weighted by atomic mass is 16.5. The van der Waals surface area contributed by atoms with Crippen molar-refractivity contribution in [2.24, 2.45) is 0 Å². The van der Waals surface area contributed by atoms with Crippen molar-refractivity contribution in [1.29, 1.82) is 0 Å². The number of benzene rings is 2. The third-order valence-corrected chi connectivity index (χ3v) is 5.63. The molecule has 2 amide bonds. The van der Waals surface area contributed by atoms with Crippen LogP contribution in [0, 0.1) is 0 Å². The SMILES string of the molecule is CC(NC(=O)CN1CCOCC1)C(=O)NC(CCc1ccccc1)C(=O)OCc1ccccc1. The Kier molecular flexibility index (Phi) is 10.1. The van der Waals surface area contributed by atoms with Crippen molar-refractivity contribution in [3.05, 3.63) is 71.8 Å². The molecule has 8 heteroatoms. The van der Waals surface area contributed by atoms with E-state index in [4.69, 9.17) is 9.47 Å². The first-order valence-corrected chi connectivity index (χ1v) is 11.7. The maximum atomic E-state index is 12.8. The normalized spacial score (nSPS) is 15.7. The molecule has 2 unspecified atom stereocenters. The van der Waals surface area contributed by atoms with Crippen LogP contribution >= 0.6 is 0 Å². The summed E-state index contributed by atoms with van der Waals surface area (Å²) >= 11 is 0. The van der Waals surface area contributed by atoms with Gasteiger partial charge in [0.2, 0.25) is 11.8 Å². The number of hydrogen-bond donors (Lipinski definition) is 2. The Labute approximate surface area is 200 Å². The Morgan fingerprint density at radius 1 is 0.941 bits per heavy atom. The fourth-order valence-electron chi connectivity index (χ4n) is 3.65. The minimum atomic E-state index is -0.824. The first-order valence-electron chi connectivity index (χ1n) is 11.7. The maximum absolute atomic E-state index is 12.8. The van der Waals surface area contributed by atoms with Crippen LogP contribution in [0.25, 0.3) is 0 Å². The molecule has 0 aromatic heterocycles. The molecule has 0 aliphatic carbocycles. The lowest BCUT2D eigenvalue weighted by Crippen LogP contribution is -2.52. The zero-order valence-corrected chi connectivity index (χ0v) is 19.6. The van der Waals surface area contributed by atoms with E-state index >= 15 is 0 Å². The molecular formula is C26H33N3O5. The minimum absolute atomic E-state index is 0.128. The van der Waals surface area contributed by atoms with Gasteiger partial charge in [-0.15, -0.1) is 0 Å². The number of morpholine rings is 1. The number of carbonyl (C=O) groups is 3. The number of carbonyl (C=O) groups excluding carboxylic acids is 3. The van der Waals surface area contributed by atoms with Crippen LogP contribution in [-0.2, 0) is 36.9 Å². The summed E-state index contributed by atoms with van der Waals surface area (Å²) in [5.74, 6) is -1.16. The molecule has 1 saturated heterocycles. The van der Waals surface area contributed by atoms with Crippen molar-refractivity contribution >= 4 is 17.8 Å². The van der Waals surface area contributed by atoms with Crippen molar-refractivity contribution in [2.75, 3.05) is 32.8 Å². The van der Waals surface area contributed by atoms with E-state index in [0.717, 1.165) is 11.1 Å². The van der Waals surface area contributed by atoms with Gasteiger partial charge in [0.1, 0.15) is 18.7 Å². The van der Waals surface area contributed by atoms with Gasteiger partial charge in [-0.05, 0) is 30.9 Å². The maximum Gasteiger partial charge on any atom is 0.328 e. The van der Waals surface area contributed by atoms with Gasteiger partial charge in [-0.2, -0.15) is 0 Å². The average Bonchev–Trinajstić information content (AvgIpc) is 2.86. The van der Waals surface area contributed by atoms with Crippen LogP contribution in [0.2, 0.25) is 0 Å². The molecule has 0 bridgehead atoms. The van der Waals surface area contributed by atoms with Crippen molar-refractivity contribution in [3.63, 3.8) is 0 Å². The van der Waals surface area contributed by atoms with E-state index < -0.39 is 24.0 Å². The quantitative estimate of drug-likeness (QED) is 0.488. The van der Waals surface area contributed by atoms with Crippen molar-refractivity contribution in [1.82, 2.24) is 15.5 Å². The van der Waals surface area contributed by atoms with E-state index in [2.05, 4.69) is 10.6 Å². The number of aryl methyl sites for hydroxylation is 1. The molecule has 0 spiro atoms. The number of hydrogen-bond acceptors (Lipinski definition) is 6. The molecule has 2 aromatic rings. The molecule has 2 N–H and O–H groups in total. The average molecular weight is 468 g/mol. The molecule has 0 saturated carbocycles. The number of ether oxygens (including phenoxy) is 2. The molecule has 1 fully saturated rings. The standard InChI is InChI=1S/C26H33N3O5/c1-20(27-24(30)18-29-14-16-33-17-15-29)25(31)28-23(13-12-21-8-4-2-5-9-21)26(32)34-19-22-10-6-3-7-11-22/h2-11,20,23H,12-19H2,1H3,(H,27,30)(H,28,31).